The summed E-state index contributed by atoms with van der Waals surface area (Å²) >= 11 is 0. The van der Waals surface area contributed by atoms with Crippen LogP contribution in [0.15, 0.2) is 34.7 Å². The Kier molecular flexibility index (Phi) is 3.59. The van der Waals surface area contributed by atoms with E-state index >= 15 is 0 Å². The number of hydrogen-bond donors (Lipinski definition) is 0. The second-order valence-corrected chi connectivity index (χ2v) is 7.77. The summed E-state index contributed by atoms with van der Waals surface area (Å²) < 4.78 is 28.5. The van der Waals surface area contributed by atoms with Gasteiger partial charge in [-0.3, -0.25) is 9.69 Å². The van der Waals surface area contributed by atoms with Crippen LogP contribution in [0.1, 0.15) is 17.0 Å². The number of Topliss-reactive ketones (excluding diaryl/α,β-unsaturated/α-hetero) is 1. The zero-order valence-corrected chi connectivity index (χ0v) is 12.6. The number of sulfone groups is 1. The van der Waals surface area contributed by atoms with Gasteiger partial charge in [0, 0.05) is 11.4 Å². The first kappa shape index (κ1) is 14.3. The number of fused-ring (bicyclic) bond motifs is 1. The molecule has 3 rings (SSSR count). The van der Waals surface area contributed by atoms with Gasteiger partial charge in [0.25, 0.3) is 0 Å². The van der Waals surface area contributed by atoms with E-state index in [1.54, 1.807) is 18.0 Å². The number of carbonyl (C=O) groups excluding carboxylic acids is 1. The van der Waals surface area contributed by atoms with Crippen LogP contribution in [0.5, 0.6) is 0 Å². The highest BCUT2D eigenvalue weighted by atomic mass is 32.2. The van der Waals surface area contributed by atoms with Gasteiger partial charge in [-0.05, 0) is 25.6 Å². The number of ketones is 1. The lowest BCUT2D eigenvalue weighted by Gasteiger charge is -2.21. The largest absolute Gasteiger partial charge is 0.453 e. The Morgan fingerprint density at radius 2 is 2.14 bits per heavy atom. The van der Waals surface area contributed by atoms with E-state index in [-0.39, 0.29) is 29.9 Å². The highest BCUT2D eigenvalue weighted by molar-refractivity contribution is 7.91. The van der Waals surface area contributed by atoms with Crippen molar-refractivity contribution in [1.29, 1.82) is 0 Å². The van der Waals surface area contributed by atoms with Crippen molar-refractivity contribution in [2.24, 2.45) is 0 Å². The molecule has 1 unspecified atom stereocenters. The first-order valence-corrected chi connectivity index (χ1v) is 8.69. The summed E-state index contributed by atoms with van der Waals surface area (Å²) in [5.41, 5.74) is 0.687. The zero-order chi connectivity index (χ0) is 15.0. The molecule has 1 saturated heterocycles. The average Bonchev–Trinajstić information content (AvgIpc) is 3.01. The molecule has 1 aliphatic rings. The topological polar surface area (TPSA) is 67.6 Å². The third-order valence-corrected chi connectivity index (χ3v) is 5.68. The quantitative estimate of drug-likeness (QED) is 0.805. The first-order chi connectivity index (χ1) is 9.94. The molecule has 6 heteroatoms. The van der Waals surface area contributed by atoms with Crippen molar-refractivity contribution in [1.82, 2.24) is 4.90 Å². The lowest BCUT2D eigenvalue weighted by molar-refractivity contribution is 0.0901. The van der Waals surface area contributed by atoms with Crippen molar-refractivity contribution in [2.75, 3.05) is 25.1 Å². The van der Waals surface area contributed by atoms with Crippen LogP contribution < -0.4 is 0 Å². The molecule has 112 valence electrons. The molecule has 2 heterocycles. The number of likely N-dealkylation sites (N-methyl/N-ethyl adjacent to an activating group) is 1. The number of hydrogen-bond acceptors (Lipinski definition) is 5. The maximum Gasteiger partial charge on any atom is 0.211 e. The van der Waals surface area contributed by atoms with Crippen LogP contribution in [-0.4, -0.2) is 50.2 Å². The number of nitrogens with zero attached hydrogens (tertiary/aromatic N) is 1. The lowest BCUT2D eigenvalue weighted by Crippen LogP contribution is -2.36. The molecule has 1 atom stereocenters. The summed E-state index contributed by atoms with van der Waals surface area (Å²) in [7, 11) is -1.15. The van der Waals surface area contributed by atoms with Gasteiger partial charge in [-0.1, -0.05) is 18.2 Å². The van der Waals surface area contributed by atoms with Crippen LogP contribution in [0.25, 0.3) is 11.0 Å². The number of furan rings is 1. The minimum Gasteiger partial charge on any atom is -0.453 e. The van der Waals surface area contributed by atoms with E-state index in [1.165, 1.54) is 0 Å². The van der Waals surface area contributed by atoms with Gasteiger partial charge in [0.05, 0.1) is 18.1 Å². The highest BCUT2D eigenvalue weighted by Gasteiger charge is 2.31. The van der Waals surface area contributed by atoms with Crippen molar-refractivity contribution in [2.45, 2.75) is 12.5 Å². The SMILES string of the molecule is CN(CC(=O)c1cc2ccccc2o1)C1CCS(=O)(=O)C1. The summed E-state index contributed by atoms with van der Waals surface area (Å²) in [5.74, 6) is 0.541. The third-order valence-electron chi connectivity index (χ3n) is 3.93. The fourth-order valence-electron chi connectivity index (χ4n) is 2.68. The molecule has 1 aliphatic heterocycles. The van der Waals surface area contributed by atoms with Gasteiger partial charge in [0.15, 0.2) is 15.6 Å². The summed E-state index contributed by atoms with van der Waals surface area (Å²) in [6.45, 7) is 0.167. The van der Waals surface area contributed by atoms with Crippen molar-refractivity contribution in [3.63, 3.8) is 0 Å². The second kappa shape index (κ2) is 5.27. The smallest absolute Gasteiger partial charge is 0.211 e. The lowest BCUT2D eigenvalue weighted by atomic mass is 10.2. The number of para-hydroxylation sites is 1. The van der Waals surface area contributed by atoms with E-state index in [2.05, 4.69) is 0 Å². The Balaban J connectivity index is 1.71. The summed E-state index contributed by atoms with van der Waals surface area (Å²) in [6, 6.07) is 9.11. The van der Waals surface area contributed by atoms with Crippen LogP contribution in [0.3, 0.4) is 0 Å². The van der Waals surface area contributed by atoms with Crippen molar-refractivity contribution < 1.29 is 17.6 Å². The molecular weight excluding hydrogens is 290 g/mol. The maximum atomic E-state index is 12.3. The van der Waals surface area contributed by atoms with Crippen LogP contribution in [-0.2, 0) is 9.84 Å². The Hall–Kier alpha value is -1.66. The minimum absolute atomic E-state index is 0.0803. The summed E-state index contributed by atoms with van der Waals surface area (Å²) in [5, 5.41) is 0.895. The van der Waals surface area contributed by atoms with Crippen LogP contribution in [0.4, 0.5) is 0 Å². The normalized spacial score (nSPS) is 21.1. The third kappa shape index (κ3) is 3.01. The minimum atomic E-state index is -2.94. The van der Waals surface area contributed by atoms with Gasteiger partial charge in [-0.15, -0.1) is 0 Å². The van der Waals surface area contributed by atoms with Gasteiger partial charge >= 0.3 is 0 Å². The van der Waals surface area contributed by atoms with Gasteiger partial charge < -0.3 is 4.42 Å². The molecule has 1 aromatic heterocycles. The summed E-state index contributed by atoms with van der Waals surface area (Å²) in [6.07, 6.45) is 0.590. The van der Waals surface area contributed by atoms with E-state index in [0.29, 0.717) is 17.8 Å². The summed E-state index contributed by atoms with van der Waals surface area (Å²) in [4.78, 5) is 14.1. The second-order valence-electron chi connectivity index (χ2n) is 5.54. The Morgan fingerprint density at radius 3 is 2.81 bits per heavy atom. The molecular formula is C15H17NO4S. The molecule has 1 aromatic carbocycles. The van der Waals surface area contributed by atoms with E-state index in [1.807, 2.05) is 24.3 Å². The number of benzene rings is 1. The van der Waals surface area contributed by atoms with E-state index < -0.39 is 9.84 Å². The molecule has 0 saturated carbocycles. The molecule has 21 heavy (non-hydrogen) atoms. The average molecular weight is 307 g/mol. The Labute approximate surface area is 123 Å². The molecule has 0 radical (unpaired) electrons. The monoisotopic (exact) mass is 307 g/mol. The molecule has 1 fully saturated rings. The molecule has 0 bridgehead atoms. The van der Waals surface area contributed by atoms with E-state index in [9.17, 15) is 13.2 Å². The molecule has 2 aromatic rings. The first-order valence-electron chi connectivity index (χ1n) is 6.87. The van der Waals surface area contributed by atoms with Gasteiger partial charge in [-0.2, -0.15) is 0 Å². The van der Waals surface area contributed by atoms with Crippen molar-refractivity contribution in [3.05, 3.63) is 36.1 Å². The van der Waals surface area contributed by atoms with Gasteiger partial charge in [0.2, 0.25) is 5.78 Å². The molecule has 0 N–H and O–H groups in total. The standard InChI is InChI=1S/C15H17NO4S/c1-16(12-6-7-21(18,19)10-12)9-13(17)15-8-11-4-2-3-5-14(11)20-15/h2-5,8,12H,6-7,9-10H2,1H3. The fraction of sp³-hybridized carbons (Fsp3) is 0.400. The molecule has 0 amide bonds. The fourth-order valence-corrected chi connectivity index (χ4v) is 4.48. The van der Waals surface area contributed by atoms with Gasteiger partial charge in [0.1, 0.15) is 5.58 Å². The van der Waals surface area contributed by atoms with Crippen LogP contribution >= 0.6 is 0 Å². The number of carbonyl (C=O) groups is 1. The van der Waals surface area contributed by atoms with E-state index in [0.717, 1.165) is 5.39 Å². The maximum absolute atomic E-state index is 12.3. The van der Waals surface area contributed by atoms with Crippen molar-refractivity contribution in [3.8, 4) is 0 Å². The van der Waals surface area contributed by atoms with Crippen molar-refractivity contribution >= 4 is 26.6 Å². The van der Waals surface area contributed by atoms with Crippen LogP contribution in [0, 0.1) is 0 Å². The Bertz CT molecular complexity index is 745. The van der Waals surface area contributed by atoms with Crippen LogP contribution in [0.2, 0.25) is 0 Å². The van der Waals surface area contributed by atoms with E-state index in [4.69, 9.17) is 4.42 Å². The predicted molar refractivity (Wildman–Crippen MR) is 80.2 cm³/mol. The molecule has 0 aliphatic carbocycles. The Morgan fingerprint density at radius 1 is 1.38 bits per heavy atom. The molecule has 5 nitrogen and oxygen atoms in total. The zero-order valence-electron chi connectivity index (χ0n) is 11.8. The predicted octanol–water partition coefficient (Wildman–Crippen LogP) is 1.73. The highest BCUT2D eigenvalue weighted by Crippen LogP contribution is 2.21. The van der Waals surface area contributed by atoms with Gasteiger partial charge in [-0.25, -0.2) is 8.42 Å². The number of rotatable bonds is 4. The molecule has 0 spiro atoms.